The zero-order valence-electron chi connectivity index (χ0n) is 12.2. The number of nitrogens with zero attached hydrogens (tertiary/aromatic N) is 2. The van der Waals surface area contributed by atoms with E-state index in [-0.39, 0.29) is 5.91 Å². The number of nitrogens with one attached hydrogen (secondary N) is 2. The molecule has 3 rings (SSSR count). The number of carbonyl (C=O) groups excluding carboxylic acids is 1. The SMILES string of the molecule is Cc1cc(NC(=O)CCNc2cccc3cccnc23)no1. The molecule has 0 saturated carbocycles. The molecule has 6 nitrogen and oxygen atoms in total. The van der Waals surface area contributed by atoms with Crippen LogP contribution >= 0.6 is 0 Å². The Kier molecular flexibility index (Phi) is 4.00. The third-order valence-corrected chi connectivity index (χ3v) is 3.20. The van der Waals surface area contributed by atoms with Crippen molar-refractivity contribution in [3.8, 4) is 0 Å². The summed E-state index contributed by atoms with van der Waals surface area (Å²) in [6, 6.07) is 11.5. The molecule has 0 aliphatic rings. The first-order valence-electron chi connectivity index (χ1n) is 7.03. The Labute approximate surface area is 127 Å². The molecule has 0 unspecified atom stereocenters. The van der Waals surface area contributed by atoms with Crippen LogP contribution in [0, 0.1) is 6.92 Å². The Morgan fingerprint density at radius 3 is 2.95 bits per heavy atom. The predicted molar refractivity (Wildman–Crippen MR) is 84.7 cm³/mol. The van der Waals surface area contributed by atoms with Gasteiger partial charge in [-0.3, -0.25) is 9.78 Å². The van der Waals surface area contributed by atoms with Gasteiger partial charge in [-0.2, -0.15) is 0 Å². The molecule has 6 heteroatoms. The van der Waals surface area contributed by atoms with Crippen molar-refractivity contribution in [2.45, 2.75) is 13.3 Å². The number of amides is 1. The highest BCUT2D eigenvalue weighted by molar-refractivity contribution is 5.91. The second-order valence-corrected chi connectivity index (χ2v) is 4.93. The molecular formula is C16H16N4O2. The summed E-state index contributed by atoms with van der Waals surface area (Å²) in [7, 11) is 0. The number of hydrogen-bond acceptors (Lipinski definition) is 5. The van der Waals surface area contributed by atoms with Gasteiger partial charge in [0.05, 0.1) is 11.2 Å². The number of carbonyl (C=O) groups is 1. The van der Waals surface area contributed by atoms with E-state index in [1.165, 1.54) is 0 Å². The van der Waals surface area contributed by atoms with Crippen LogP contribution in [0.15, 0.2) is 47.1 Å². The van der Waals surface area contributed by atoms with Gasteiger partial charge < -0.3 is 15.2 Å². The molecule has 2 heterocycles. The molecule has 112 valence electrons. The molecular weight excluding hydrogens is 280 g/mol. The van der Waals surface area contributed by atoms with Crippen molar-refractivity contribution >= 4 is 28.3 Å². The number of fused-ring (bicyclic) bond motifs is 1. The van der Waals surface area contributed by atoms with Crippen LogP contribution in [-0.2, 0) is 4.79 Å². The van der Waals surface area contributed by atoms with Crippen molar-refractivity contribution in [1.29, 1.82) is 0 Å². The topological polar surface area (TPSA) is 80.0 Å². The zero-order chi connectivity index (χ0) is 15.4. The molecule has 0 bridgehead atoms. The van der Waals surface area contributed by atoms with E-state index in [0.29, 0.717) is 24.5 Å². The fourth-order valence-corrected chi connectivity index (χ4v) is 2.19. The summed E-state index contributed by atoms with van der Waals surface area (Å²) >= 11 is 0. The zero-order valence-corrected chi connectivity index (χ0v) is 12.2. The monoisotopic (exact) mass is 296 g/mol. The average Bonchev–Trinajstić information content (AvgIpc) is 2.92. The summed E-state index contributed by atoms with van der Waals surface area (Å²) < 4.78 is 4.90. The molecule has 0 radical (unpaired) electrons. The van der Waals surface area contributed by atoms with E-state index in [0.717, 1.165) is 16.6 Å². The standard InChI is InChI=1S/C16H16N4O2/c1-11-10-14(20-22-11)19-15(21)7-9-17-13-6-2-4-12-5-3-8-18-16(12)13/h2-6,8,10,17H,7,9H2,1H3,(H,19,20,21). The van der Waals surface area contributed by atoms with Crippen LogP contribution < -0.4 is 10.6 Å². The molecule has 2 N–H and O–H groups in total. The summed E-state index contributed by atoms with van der Waals surface area (Å²) in [5.74, 6) is 0.985. The Balaban J connectivity index is 1.57. The molecule has 2 aromatic heterocycles. The molecule has 0 aliphatic carbocycles. The van der Waals surface area contributed by atoms with E-state index in [2.05, 4.69) is 20.8 Å². The highest BCUT2D eigenvalue weighted by Crippen LogP contribution is 2.20. The normalized spacial score (nSPS) is 10.6. The summed E-state index contributed by atoms with van der Waals surface area (Å²) in [5, 5.41) is 10.7. The smallest absolute Gasteiger partial charge is 0.227 e. The van der Waals surface area contributed by atoms with Crippen LogP contribution in [0.4, 0.5) is 11.5 Å². The fraction of sp³-hybridized carbons (Fsp3) is 0.188. The van der Waals surface area contributed by atoms with Crippen molar-refractivity contribution in [2.75, 3.05) is 17.2 Å². The Morgan fingerprint density at radius 1 is 1.27 bits per heavy atom. The van der Waals surface area contributed by atoms with Gasteiger partial charge >= 0.3 is 0 Å². The van der Waals surface area contributed by atoms with Gasteiger partial charge in [-0.15, -0.1) is 0 Å². The van der Waals surface area contributed by atoms with Crippen LogP contribution in [0.25, 0.3) is 10.9 Å². The molecule has 1 aromatic carbocycles. The fourth-order valence-electron chi connectivity index (χ4n) is 2.19. The van der Waals surface area contributed by atoms with Gasteiger partial charge in [0, 0.05) is 30.6 Å². The summed E-state index contributed by atoms with van der Waals surface area (Å²) in [6.07, 6.45) is 2.09. The Bertz CT molecular complexity index is 792. The van der Waals surface area contributed by atoms with E-state index >= 15 is 0 Å². The second kappa shape index (κ2) is 6.26. The number of para-hydroxylation sites is 1. The van der Waals surface area contributed by atoms with Gasteiger partial charge in [-0.1, -0.05) is 23.4 Å². The van der Waals surface area contributed by atoms with E-state index in [4.69, 9.17) is 4.52 Å². The third-order valence-electron chi connectivity index (χ3n) is 3.20. The minimum absolute atomic E-state index is 0.117. The number of benzene rings is 1. The van der Waals surface area contributed by atoms with Gasteiger partial charge in [0.25, 0.3) is 0 Å². The van der Waals surface area contributed by atoms with Crippen LogP contribution in [0.5, 0.6) is 0 Å². The Morgan fingerprint density at radius 2 is 2.14 bits per heavy atom. The number of anilines is 2. The maximum absolute atomic E-state index is 11.8. The van der Waals surface area contributed by atoms with Gasteiger partial charge in [-0.25, -0.2) is 0 Å². The van der Waals surface area contributed by atoms with Crippen LogP contribution in [-0.4, -0.2) is 22.6 Å². The highest BCUT2D eigenvalue weighted by atomic mass is 16.5. The van der Waals surface area contributed by atoms with Gasteiger partial charge in [0.1, 0.15) is 5.76 Å². The second-order valence-electron chi connectivity index (χ2n) is 4.93. The number of aryl methyl sites for hydroxylation is 1. The summed E-state index contributed by atoms with van der Waals surface area (Å²) in [6.45, 7) is 2.29. The van der Waals surface area contributed by atoms with E-state index < -0.39 is 0 Å². The predicted octanol–water partition coefficient (Wildman–Crippen LogP) is 2.97. The molecule has 22 heavy (non-hydrogen) atoms. The first-order valence-corrected chi connectivity index (χ1v) is 7.03. The molecule has 0 fully saturated rings. The largest absolute Gasteiger partial charge is 0.383 e. The van der Waals surface area contributed by atoms with Crippen molar-refractivity contribution in [3.63, 3.8) is 0 Å². The third kappa shape index (κ3) is 3.22. The first-order chi connectivity index (χ1) is 10.7. The molecule has 0 saturated heterocycles. The van der Waals surface area contributed by atoms with Crippen LogP contribution in [0.3, 0.4) is 0 Å². The average molecular weight is 296 g/mol. The minimum Gasteiger partial charge on any atom is -0.383 e. The molecule has 0 spiro atoms. The lowest BCUT2D eigenvalue weighted by Crippen LogP contribution is -2.16. The molecule has 1 amide bonds. The number of aromatic nitrogens is 2. The van der Waals surface area contributed by atoms with Gasteiger partial charge in [-0.05, 0) is 19.1 Å². The maximum Gasteiger partial charge on any atom is 0.227 e. The number of pyridine rings is 1. The van der Waals surface area contributed by atoms with Crippen LogP contribution in [0.1, 0.15) is 12.2 Å². The summed E-state index contributed by atoms with van der Waals surface area (Å²) in [5.41, 5.74) is 1.82. The van der Waals surface area contributed by atoms with Crippen molar-refractivity contribution < 1.29 is 9.32 Å². The minimum atomic E-state index is -0.117. The van der Waals surface area contributed by atoms with Crippen molar-refractivity contribution in [1.82, 2.24) is 10.1 Å². The van der Waals surface area contributed by atoms with Gasteiger partial charge in [0.15, 0.2) is 5.82 Å². The quantitative estimate of drug-likeness (QED) is 0.756. The molecule has 3 aromatic rings. The summed E-state index contributed by atoms with van der Waals surface area (Å²) in [4.78, 5) is 16.2. The maximum atomic E-state index is 11.8. The first kappa shape index (κ1) is 14.1. The molecule has 0 aliphatic heterocycles. The Hall–Kier alpha value is -2.89. The lowest BCUT2D eigenvalue weighted by molar-refractivity contribution is -0.116. The number of hydrogen-bond donors (Lipinski definition) is 2. The highest BCUT2D eigenvalue weighted by Gasteiger charge is 2.06. The van der Waals surface area contributed by atoms with E-state index in [9.17, 15) is 4.79 Å². The lowest BCUT2D eigenvalue weighted by atomic mass is 10.2. The lowest BCUT2D eigenvalue weighted by Gasteiger charge is -2.08. The van der Waals surface area contributed by atoms with Crippen molar-refractivity contribution in [2.24, 2.45) is 0 Å². The molecule has 0 atom stereocenters. The van der Waals surface area contributed by atoms with E-state index in [1.807, 2.05) is 30.3 Å². The van der Waals surface area contributed by atoms with E-state index in [1.54, 1.807) is 19.2 Å². The van der Waals surface area contributed by atoms with Crippen molar-refractivity contribution in [3.05, 3.63) is 48.4 Å². The van der Waals surface area contributed by atoms with Crippen LogP contribution in [0.2, 0.25) is 0 Å². The number of rotatable bonds is 5. The van der Waals surface area contributed by atoms with Gasteiger partial charge in [0.2, 0.25) is 5.91 Å².